The van der Waals surface area contributed by atoms with Crippen molar-refractivity contribution in [1.29, 1.82) is 0 Å². The van der Waals surface area contributed by atoms with Gasteiger partial charge in [0, 0.05) is 12.1 Å². The molecule has 0 aliphatic carbocycles. The number of thioether (sulfide) groups is 1. The smallest absolute Gasteiger partial charge is 0.269 e. The number of amidine groups is 1. The molecule has 1 N–H and O–H groups in total. The standard InChI is InChI=1S/C25H21N3O5S/c1-16-12-19(28(30)31)9-10-20(16)26-25-27-24(29)23(34-25)14-18-8-11-21(32-2)22(13-18)33-15-17-6-4-3-5-7-17/h3-14H,15H2,1-2H3,(H,26,27,29)/b23-14+. The van der Waals surface area contributed by atoms with E-state index in [9.17, 15) is 14.9 Å². The number of non-ortho nitro benzene ring substituents is 1. The molecule has 34 heavy (non-hydrogen) atoms. The Kier molecular flexibility index (Phi) is 6.93. The van der Waals surface area contributed by atoms with Gasteiger partial charge in [0.15, 0.2) is 16.7 Å². The summed E-state index contributed by atoms with van der Waals surface area (Å²) in [7, 11) is 1.58. The lowest BCUT2D eigenvalue weighted by atomic mass is 10.2. The summed E-state index contributed by atoms with van der Waals surface area (Å²) in [5.41, 5.74) is 2.99. The summed E-state index contributed by atoms with van der Waals surface area (Å²) >= 11 is 1.20. The van der Waals surface area contributed by atoms with Crippen LogP contribution in [0.5, 0.6) is 11.5 Å². The van der Waals surface area contributed by atoms with Crippen molar-refractivity contribution in [3.63, 3.8) is 0 Å². The highest BCUT2D eigenvalue weighted by molar-refractivity contribution is 8.18. The molecule has 0 unspecified atom stereocenters. The molecule has 9 heteroatoms. The molecule has 1 saturated heterocycles. The van der Waals surface area contributed by atoms with Crippen LogP contribution in [-0.4, -0.2) is 23.1 Å². The minimum absolute atomic E-state index is 0.00469. The van der Waals surface area contributed by atoms with Crippen LogP contribution >= 0.6 is 11.8 Å². The molecule has 1 fully saturated rings. The Bertz CT molecular complexity index is 1310. The number of rotatable bonds is 7. The number of methoxy groups -OCH3 is 1. The molecule has 3 aromatic rings. The third-order valence-electron chi connectivity index (χ3n) is 4.99. The number of carbonyl (C=O) groups excluding carboxylic acids is 1. The summed E-state index contributed by atoms with van der Waals surface area (Å²) in [4.78, 5) is 27.9. The summed E-state index contributed by atoms with van der Waals surface area (Å²) in [6, 6.07) is 19.6. The highest BCUT2D eigenvalue weighted by Gasteiger charge is 2.24. The number of nitrogens with one attached hydrogen (secondary N) is 1. The van der Waals surface area contributed by atoms with Crippen molar-refractivity contribution >= 4 is 40.3 Å². The molecular formula is C25H21N3O5S. The highest BCUT2D eigenvalue weighted by atomic mass is 32.2. The summed E-state index contributed by atoms with van der Waals surface area (Å²) in [6.45, 7) is 2.12. The first kappa shape index (κ1) is 23.1. The van der Waals surface area contributed by atoms with Crippen LogP contribution in [0.2, 0.25) is 0 Å². The molecule has 0 saturated carbocycles. The van der Waals surface area contributed by atoms with Crippen LogP contribution in [0.25, 0.3) is 6.08 Å². The van der Waals surface area contributed by atoms with Gasteiger partial charge in [-0.05, 0) is 59.7 Å². The van der Waals surface area contributed by atoms with Crippen molar-refractivity contribution in [2.75, 3.05) is 7.11 Å². The number of amides is 1. The van der Waals surface area contributed by atoms with E-state index in [4.69, 9.17) is 9.47 Å². The maximum atomic E-state index is 12.5. The van der Waals surface area contributed by atoms with E-state index in [1.54, 1.807) is 32.2 Å². The van der Waals surface area contributed by atoms with Gasteiger partial charge < -0.3 is 14.8 Å². The lowest BCUT2D eigenvalue weighted by Crippen LogP contribution is -2.19. The third-order valence-corrected chi connectivity index (χ3v) is 5.90. The van der Waals surface area contributed by atoms with E-state index in [2.05, 4.69) is 10.3 Å². The van der Waals surface area contributed by atoms with Crippen LogP contribution in [-0.2, 0) is 11.4 Å². The molecule has 1 amide bonds. The van der Waals surface area contributed by atoms with E-state index in [1.807, 2.05) is 42.5 Å². The molecule has 0 radical (unpaired) electrons. The Morgan fingerprint density at radius 3 is 2.59 bits per heavy atom. The second-order valence-electron chi connectivity index (χ2n) is 7.39. The van der Waals surface area contributed by atoms with Crippen LogP contribution in [0.3, 0.4) is 0 Å². The number of aryl methyl sites for hydroxylation is 1. The number of benzene rings is 3. The van der Waals surface area contributed by atoms with Gasteiger partial charge in [-0.1, -0.05) is 36.4 Å². The fourth-order valence-electron chi connectivity index (χ4n) is 3.25. The molecule has 4 rings (SSSR count). The van der Waals surface area contributed by atoms with E-state index in [-0.39, 0.29) is 11.6 Å². The maximum absolute atomic E-state index is 12.5. The summed E-state index contributed by atoms with van der Waals surface area (Å²) in [5.74, 6) is 0.892. The van der Waals surface area contributed by atoms with Gasteiger partial charge in [-0.3, -0.25) is 14.9 Å². The second kappa shape index (κ2) is 10.2. The van der Waals surface area contributed by atoms with Crippen molar-refractivity contribution in [3.05, 3.63) is 98.4 Å². The number of hydrogen-bond donors (Lipinski definition) is 1. The summed E-state index contributed by atoms with van der Waals surface area (Å²) in [6.07, 6.45) is 1.75. The Morgan fingerprint density at radius 1 is 1.09 bits per heavy atom. The summed E-state index contributed by atoms with van der Waals surface area (Å²) < 4.78 is 11.4. The molecule has 0 spiro atoms. The van der Waals surface area contributed by atoms with E-state index < -0.39 is 4.92 Å². The van der Waals surface area contributed by atoms with Crippen molar-refractivity contribution < 1.29 is 19.2 Å². The number of ether oxygens (including phenoxy) is 2. The summed E-state index contributed by atoms with van der Waals surface area (Å²) in [5, 5.41) is 14.1. The normalized spacial score (nSPS) is 15.4. The van der Waals surface area contributed by atoms with Gasteiger partial charge in [-0.15, -0.1) is 0 Å². The largest absolute Gasteiger partial charge is 0.493 e. The lowest BCUT2D eigenvalue weighted by molar-refractivity contribution is -0.384. The van der Waals surface area contributed by atoms with Crippen molar-refractivity contribution in [3.8, 4) is 11.5 Å². The first-order valence-electron chi connectivity index (χ1n) is 10.3. The van der Waals surface area contributed by atoms with Gasteiger partial charge >= 0.3 is 0 Å². The maximum Gasteiger partial charge on any atom is 0.269 e. The molecule has 1 aliphatic heterocycles. The predicted molar refractivity (Wildman–Crippen MR) is 132 cm³/mol. The second-order valence-corrected chi connectivity index (χ2v) is 8.42. The van der Waals surface area contributed by atoms with Crippen LogP contribution < -0.4 is 14.8 Å². The number of nitrogens with zero attached hydrogens (tertiary/aromatic N) is 2. The third kappa shape index (κ3) is 5.44. The zero-order valence-electron chi connectivity index (χ0n) is 18.5. The average molecular weight is 476 g/mol. The van der Waals surface area contributed by atoms with Gasteiger partial charge in [0.2, 0.25) is 0 Å². The fraction of sp³-hybridized carbons (Fsp3) is 0.120. The minimum atomic E-state index is -0.455. The van der Waals surface area contributed by atoms with Gasteiger partial charge in [0.1, 0.15) is 6.61 Å². The Balaban J connectivity index is 1.53. The minimum Gasteiger partial charge on any atom is -0.493 e. The molecule has 0 aromatic heterocycles. The van der Waals surface area contributed by atoms with E-state index in [1.165, 1.54) is 23.9 Å². The molecule has 172 valence electrons. The van der Waals surface area contributed by atoms with Crippen molar-refractivity contribution in [1.82, 2.24) is 5.32 Å². The first-order valence-corrected chi connectivity index (χ1v) is 11.1. The molecule has 3 aromatic carbocycles. The number of carbonyl (C=O) groups is 1. The first-order chi connectivity index (χ1) is 16.4. The van der Waals surface area contributed by atoms with Crippen LogP contribution in [0.15, 0.2) is 76.6 Å². The fourth-order valence-corrected chi connectivity index (χ4v) is 4.09. The van der Waals surface area contributed by atoms with Crippen molar-refractivity contribution in [2.24, 2.45) is 4.99 Å². The monoisotopic (exact) mass is 475 g/mol. The van der Waals surface area contributed by atoms with Gasteiger partial charge in [-0.25, -0.2) is 4.99 Å². The SMILES string of the molecule is COc1ccc(/C=C2/SC(=Nc3ccc([N+](=O)[O-])cc3C)NC2=O)cc1OCc1ccccc1. The molecule has 1 aliphatic rings. The molecule has 0 atom stereocenters. The van der Waals surface area contributed by atoms with Crippen LogP contribution in [0.1, 0.15) is 16.7 Å². The zero-order valence-corrected chi connectivity index (χ0v) is 19.3. The number of nitro groups is 1. The van der Waals surface area contributed by atoms with Crippen molar-refractivity contribution in [2.45, 2.75) is 13.5 Å². The zero-order chi connectivity index (χ0) is 24.1. The average Bonchev–Trinajstić information content (AvgIpc) is 3.18. The Morgan fingerprint density at radius 2 is 1.88 bits per heavy atom. The Hall–Kier alpha value is -4.11. The van der Waals surface area contributed by atoms with Gasteiger partial charge in [0.05, 0.1) is 22.6 Å². The number of nitro benzene ring substituents is 1. The molecule has 0 bridgehead atoms. The van der Waals surface area contributed by atoms with Crippen LogP contribution in [0, 0.1) is 17.0 Å². The van der Waals surface area contributed by atoms with Gasteiger partial charge in [0.25, 0.3) is 11.6 Å². The quantitative estimate of drug-likeness (QED) is 0.279. The number of aliphatic imine (C=N–C) groups is 1. The van der Waals surface area contributed by atoms with Gasteiger partial charge in [-0.2, -0.15) is 0 Å². The van der Waals surface area contributed by atoms with E-state index in [0.29, 0.717) is 39.4 Å². The topological polar surface area (TPSA) is 103 Å². The molecular weight excluding hydrogens is 454 g/mol. The highest BCUT2D eigenvalue weighted by Crippen LogP contribution is 2.33. The van der Waals surface area contributed by atoms with E-state index in [0.717, 1.165) is 11.1 Å². The van der Waals surface area contributed by atoms with Crippen LogP contribution in [0.4, 0.5) is 11.4 Å². The van der Waals surface area contributed by atoms with E-state index >= 15 is 0 Å². The lowest BCUT2D eigenvalue weighted by Gasteiger charge is -2.11. The molecule has 1 heterocycles. The number of hydrogen-bond acceptors (Lipinski definition) is 7. The molecule has 8 nitrogen and oxygen atoms in total. The predicted octanol–water partition coefficient (Wildman–Crippen LogP) is 5.38. The Labute approximate surface area is 200 Å².